The Morgan fingerprint density at radius 2 is 1.64 bits per heavy atom. The van der Waals surface area contributed by atoms with Gasteiger partial charge >= 0.3 is 6.18 Å². The van der Waals surface area contributed by atoms with Gasteiger partial charge in [0.05, 0.1) is 6.54 Å². The highest BCUT2D eigenvalue weighted by Gasteiger charge is 2.25. The normalized spacial score (nSPS) is 9.82. The predicted molar refractivity (Wildman–Crippen MR) is 42.5 cm³/mol. The van der Waals surface area contributed by atoms with Gasteiger partial charge in [0.25, 0.3) is 0 Å². The van der Waals surface area contributed by atoms with E-state index in [0.717, 1.165) is 0 Å². The van der Waals surface area contributed by atoms with Gasteiger partial charge < -0.3 is 11.1 Å². The number of hydrogen-bond acceptors (Lipinski definition) is 2. The molecule has 0 fully saturated rings. The lowest BCUT2D eigenvalue weighted by Gasteiger charge is -2.05. The quantitative estimate of drug-likeness (QED) is 0.687. The molecule has 0 saturated carbocycles. The van der Waals surface area contributed by atoms with Crippen molar-refractivity contribution >= 4 is 24.8 Å². The van der Waals surface area contributed by atoms with Gasteiger partial charge in [0, 0.05) is 13.1 Å². The SMILES string of the molecule is Cl.Cl.NCCNCC(F)(F)F. The first kappa shape index (κ1) is 17.4. The lowest BCUT2D eigenvalue weighted by Crippen LogP contribution is -2.32. The summed E-state index contributed by atoms with van der Waals surface area (Å²) in [4.78, 5) is 0. The van der Waals surface area contributed by atoms with Crippen LogP contribution in [0.3, 0.4) is 0 Å². The maximum Gasteiger partial charge on any atom is 0.401 e. The van der Waals surface area contributed by atoms with Crippen molar-refractivity contribution in [3.05, 3.63) is 0 Å². The van der Waals surface area contributed by atoms with Crippen LogP contribution in [-0.2, 0) is 0 Å². The molecule has 11 heavy (non-hydrogen) atoms. The van der Waals surface area contributed by atoms with Gasteiger partial charge in [-0.05, 0) is 0 Å². The number of rotatable bonds is 3. The lowest BCUT2D eigenvalue weighted by atomic mass is 10.6. The van der Waals surface area contributed by atoms with Crippen LogP contribution in [0.1, 0.15) is 0 Å². The molecule has 0 heterocycles. The molecule has 0 aromatic carbocycles. The highest BCUT2D eigenvalue weighted by Crippen LogP contribution is 2.11. The molecule has 3 N–H and O–H groups in total. The summed E-state index contributed by atoms with van der Waals surface area (Å²) in [5.74, 6) is 0. The van der Waals surface area contributed by atoms with E-state index in [1.807, 2.05) is 0 Å². The van der Waals surface area contributed by atoms with Crippen molar-refractivity contribution in [3.8, 4) is 0 Å². The number of nitrogens with one attached hydrogen (secondary N) is 1. The molecule has 0 amide bonds. The average Bonchev–Trinajstić information content (AvgIpc) is 1.63. The van der Waals surface area contributed by atoms with Gasteiger partial charge in [-0.2, -0.15) is 13.2 Å². The Morgan fingerprint density at radius 3 is 1.91 bits per heavy atom. The summed E-state index contributed by atoms with van der Waals surface area (Å²) in [6.07, 6.45) is -4.12. The van der Waals surface area contributed by atoms with Gasteiger partial charge in [0.2, 0.25) is 0 Å². The third kappa shape index (κ3) is 17.9. The largest absolute Gasteiger partial charge is 0.401 e. The molecule has 2 nitrogen and oxygen atoms in total. The Kier molecular flexibility index (Phi) is 13.3. The molecule has 0 aliphatic rings. The molecule has 0 rings (SSSR count). The third-order valence-corrected chi connectivity index (χ3v) is 0.647. The van der Waals surface area contributed by atoms with Crippen molar-refractivity contribution in [1.29, 1.82) is 0 Å². The number of hydrogen-bond donors (Lipinski definition) is 2. The zero-order valence-electron chi connectivity index (χ0n) is 5.65. The first-order valence-corrected chi connectivity index (χ1v) is 2.54. The fourth-order valence-electron chi connectivity index (χ4n) is 0.332. The van der Waals surface area contributed by atoms with E-state index < -0.39 is 12.7 Å². The van der Waals surface area contributed by atoms with Crippen LogP contribution >= 0.6 is 24.8 Å². The second-order valence-corrected chi connectivity index (χ2v) is 1.58. The highest BCUT2D eigenvalue weighted by molar-refractivity contribution is 5.85. The summed E-state index contributed by atoms with van der Waals surface area (Å²) < 4.78 is 33.8. The highest BCUT2D eigenvalue weighted by atomic mass is 35.5. The molecule has 0 aromatic heterocycles. The summed E-state index contributed by atoms with van der Waals surface area (Å²) in [7, 11) is 0. The minimum absolute atomic E-state index is 0. The summed E-state index contributed by atoms with van der Waals surface area (Å²) in [5, 5.41) is 2.12. The number of halogens is 5. The van der Waals surface area contributed by atoms with Crippen molar-refractivity contribution in [3.63, 3.8) is 0 Å². The van der Waals surface area contributed by atoms with E-state index in [1.54, 1.807) is 0 Å². The molecule has 0 unspecified atom stereocenters. The Hall–Kier alpha value is 0.290. The van der Waals surface area contributed by atoms with Crippen LogP contribution in [0, 0.1) is 0 Å². The van der Waals surface area contributed by atoms with Crippen LogP contribution in [0.4, 0.5) is 13.2 Å². The molecule has 0 radical (unpaired) electrons. The molecule has 0 saturated heterocycles. The van der Waals surface area contributed by atoms with E-state index >= 15 is 0 Å². The van der Waals surface area contributed by atoms with E-state index in [2.05, 4.69) is 5.32 Å². The minimum Gasteiger partial charge on any atom is -0.329 e. The second-order valence-electron chi connectivity index (χ2n) is 1.58. The van der Waals surface area contributed by atoms with Gasteiger partial charge in [-0.15, -0.1) is 24.8 Å². The third-order valence-electron chi connectivity index (χ3n) is 0.647. The zero-order chi connectivity index (χ0) is 7.33. The number of alkyl halides is 3. The topological polar surface area (TPSA) is 38.0 Å². The Bertz CT molecular complexity index is 78.2. The van der Waals surface area contributed by atoms with E-state index in [0.29, 0.717) is 0 Å². The summed E-state index contributed by atoms with van der Waals surface area (Å²) in [6, 6.07) is 0. The van der Waals surface area contributed by atoms with Crippen LogP contribution in [0.25, 0.3) is 0 Å². The number of nitrogens with two attached hydrogens (primary N) is 1. The van der Waals surface area contributed by atoms with Gasteiger partial charge in [-0.25, -0.2) is 0 Å². The van der Waals surface area contributed by atoms with E-state index in [1.165, 1.54) is 0 Å². The monoisotopic (exact) mass is 214 g/mol. The molecule has 0 aliphatic carbocycles. The van der Waals surface area contributed by atoms with Crippen molar-refractivity contribution < 1.29 is 13.2 Å². The predicted octanol–water partition coefficient (Wildman–Crippen LogP) is 0.941. The van der Waals surface area contributed by atoms with Crippen LogP contribution in [-0.4, -0.2) is 25.8 Å². The maximum atomic E-state index is 11.3. The van der Waals surface area contributed by atoms with E-state index in [9.17, 15) is 13.2 Å². The second kappa shape index (κ2) is 8.39. The Balaban J connectivity index is -0.000000320. The van der Waals surface area contributed by atoms with Gasteiger partial charge in [-0.3, -0.25) is 0 Å². The molecule has 0 aliphatic heterocycles. The van der Waals surface area contributed by atoms with Crippen LogP contribution in [0.15, 0.2) is 0 Å². The van der Waals surface area contributed by atoms with Gasteiger partial charge in [0.1, 0.15) is 0 Å². The molecule has 0 atom stereocenters. The summed E-state index contributed by atoms with van der Waals surface area (Å²) >= 11 is 0. The molecule has 7 heteroatoms. The minimum atomic E-state index is -4.12. The Labute approximate surface area is 75.5 Å². The van der Waals surface area contributed by atoms with Crippen molar-refractivity contribution in [2.24, 2.45) is 5.73 Å². The summed E-state index contributed by atoms with van der Waals surface area (Å²) in [6.45, 7) is -0.514. The van der Waals surface area contributed by atoms with Crippen LogP contribution in [0.5, 0.6) is 0 Å². The Morgan fingerprint density at radius 1 is 1.18 bits per heavy atom. The molecule has 0 bridgehead atoms. The molecule has 0 spiro atoms. The van der Waals surface area contributed by atoms with Crippen LogP contribution in [0.2, 0.25) is 0 Å². The average molecular weight is 215 g/mol. The molecular weight excluding hydrogens is 204 g/mol. The lowest BCUT2D eigenvalue weighted by molar-refractivity contribution is -0.124. The van der Waals surface area contributed by atoms with Gasteiger partial charge in [-0.1, -0.05) is 0 Å². The fourth-order valence-corrected chi connectivity index (χ4v) is 0.332. The first-order chi connectivity index (χ1) is 4.06. The smallest absolute Gasteiger partial charge is 0.329 e. The fraction of sp³-hybridized carbons (Fsp3) is 1.00. The van der Waals surface area contributed by atoms with E-state index in [4.69, 9.17) is 5.73 Å². The van der Waals surface area contributed by atoms with Crippen molar-refractivity contribution in [1.82, 2.24) is 5.32 Å². The maximum absolute atomic E-state index is 11.3. The first-order valence-electron chi connectivity index (χ1n) is 2.54. The standard InChI is InChI=1S/C4H9F3N2.2ClH/c5-4(6,7)3-9-2-1-8;;/h9H,1-3,8H2;2*1H. The molecule has 0 aromatic rings. The van der Waals surface area contributed by atoms with Crippen molar-refractivity contribution in [2.75, 3.05) is 19.6 Å². The van der Waals surface area contributed by atoms with Gasteiger partial charge in [0.15, 0.2) is 0 Å². The van der Waals surface area contributed by atoms with E-state index in [-0.39, 0.29) is 37.9 Å². The molecular formula is C4H11Cl2F3N2. The van der Waals surface area contributed by atoms with Crippen LogP contribution < -0.4 is 11.1 Å². The molecule has 72 valence electrons. The zero-order valence-corrected chi connectivity index (χ0v) is 7.28. The van der Waals surface area contributed by atoms with Crippen molar-refractivity contribution in [2.45, 2.75) is 6.18 Å². The summed E-state index contributed by atoms with van der Waals surface area (Å²) in [5.41, 5.74) is 4.93.